The lowest BCUT2D eigenvalue weighted by Gasteiger charge is -2.14. The van der Waals surface area contributed by atoms with E-state index in [2.05, 4.69) is 11.1 Å². The monoisotopic (exact) mass is 484 g/mol. The molecule has 8 heteroatoms. The predicted molar refractivity (Wildman–Crippen MR) is 121 cm³/mol. The maximum Gasteiger partial charge on any atom is 0.416 e. The molecule has 0 fully saturated rings. The van der Waals surface area contributed by atoms with Crippen molar-refractivity contribution in [3.05, 3.63) is 100 Å². The number of halogens is 5. The third-order valence-electron chi connectivity index (χ3n) is 4.77. The molecule has 3 nitrogen and oxygen atoms in total. The average Bonchev–Trinajstić information content (AvgIpc) is 2.80. The zero-order valence-electron chi connectivity index (χ0n) is 16.7. The van der Waals surface area contributed by atoms with Crippen LogP contribution in [0.2, 0.25) is 10.0 Å². The Kier molecular flexibility index (Phi) is 6.28. The zero-order valence-corrected chi connectivity index (χ0v) is 18.2. The van der Waals surface area contributed by atoms with Crippen LogP contribution in [0.5, 0.6) is 11.6 Å². The largest absolute Gasteiger partial charge is 0.438 e. The minimum absolute atomic E-state index is 0.0420. The average molecular weight is 485 g/mol. The molecule has 0 aliphatic heterocycles. The van der Waals surface area contributed by atoms with Gasteiger partial charge in [-0.15, -0.1) is 0 Å². The number of alkyl halides is 3. The number of hydrogen-bond acceptors (Lipinski definition) is 3. The van der Waals surface area contributed by atoms with E-state index in [-0.39, 0.29) is 22.7 Å². The Hall–Kier alpha value is -3.53. The summed E-state index contributed by atoms with van der Waals surface area (Å²) < 4.78 is 45.7. The van der Waals surface area contributed by atoms with E-state index in [4.69, 9.17) is 27.9 Å². The molecule has 0 spiro atoms. The van der Waals surface area contributed by atoms with Crippen molar-refractivity contribution in [1.82, 2.24) is 4.98 Å². The topological polar surface area (TPSA) is 45.9 Å². The quantitative estimate of drug-likeness (QED) is 0.292. The molecular weight excluding hydrogens is 472 g/mol. The van der Waals surface area contributed by atoms with Crippen LogP contribution in [0.25, 0.3) is 22.4 Å². The fraction of sp³-hybridized carbons (Fsp3) is 0.0400. The number of aromatic nitrogens is 1. The fourth-order valence-corrected chi connectivity index (χ4v) is 3.43. The number of nitrogens with zero attached hydrogens (tertiary/aromatic N) is 2. The molecule has 4 aromatic rings. The van der Waals surface area contributed by atoms with Crippen LogP contribution in [0.15, 0.2) is 78.9 Å². The van der Waals surface area contributed by atoms with Crippen molar-refractivity contribution in [3.8, 4) is 40.1 Å². The summed E-state index contributed by atoms with van der Waals surface area (Å²) in [6.07, 6.45) is -4.51. The third-order valence-corrected chi connectivity index (χ3v) is 5.27. The number of benzene rings is 3. The van der Waals surface area contributed by atoms with Crippen molar-refractivity contribution in [1.29, 1.82) is 5.26 Å². The molecule has 0 aliphatic rings. The van der Waals surface area contributed by atoms with Gasteiger partial charge in [0.2, 0.25) is 5.88 Å². The Morgan fingerprint density at radius 1 is 0.818 bits per heavy atom. The molecular formula is C25H13Cl2F3N2O. The van der Waals surface area contributed by atoms with E-state index < -0.39 is 11.7 Å². The first-order chi connectivity index (χ1) is 15.7. The van der Waals surface area contributed by atoms with Gasteiger partial charge in [-0.25, -0.2) is 4.98 Å². The standard InChI is InChI=1S/C25H13Cl2F3N2O/c26-18-6-4-15(5-7-18)21-13-23(16-2-1-3-17(12-16)25(28,29)30)32-24(22(21)14-31)33-20-10-8-19(27)9-11-20/h1-13H. The highest BCUT2D eigenvalue weighted by molar-refractivity contribution is 6.30. The Morgan fingerprint density at radius 3 is 2.06 bits per heavy atom. The van der Waals surface area contributed by atoms with Gasteiger partial charge in [0.25, 0.3) is 0 Å². The third kappa shape index (κ3) is 5.11. The lowest BCUT2D eigenvalue weighted by atomic mass is 9.98. The molecule has 1 aromatic heterocycles. The van der Waals surface area contributed by atoms with Crippen molar-refractivity contribution in [2.45, 2.75) is 6.18 Å². The zero-order chi connectivity index (χ0) is 23.6. The molecule has 0 radical (unpaired) electrons. The molecule has 0 N–H and O–H groups in total. The summed E-state index contributed by atoms with van der Waals surface area (Å²) in [6.45, 7) is 0. The van der Waals surface area contributed by atoms with Gasteiger partial charge in [0.15, 0.2) is 0 Å². The highest BCUT2D eigenvalue weighted by Crippen LogP contribution is 2.37. The van der Waals surface area contributed by atoms with E-state index in [0.29, 0.717) is 26.9 Å². The van der Waals surface area contributed by atoms with Crippen LogP contribution in [0.1, 0.15) is 11.1 Å². The van der Waals surface area contributed by atoms with Gasteiger partial charge in [-0.2, -0.15) is 18.4 Å². The highest BCUT2D eigenvalue weighted by Gasteiger charge is 2.30. The van der Waals surface area contributed by atoms with E-state index in [1.54, 1.807) is 54.6 Å². The smallest absolute Gasteiger partial charge is 0.416 e. The Balaban J connectivity index is 1.92. The van der Waals surface area contributed by atoms with Gasteiger partial charge < -0.3 is 4.74 Å². The van der Waals surface area contributed by atoms with Gasteiger partial charge in [-0.3, -0.25) is 0 Å². The molecule has 0 aliphatic carbocycles. The minimum Gasteiger partial charge on any atom is -0.438 e. The van der Waals surface area contributed by atoms with Gasteiger partial charge >= 0.3 is 6.18 Å². The Morgan fingerprint density at radius 2 is 1.45 bits per heavy atom. The maximum atomic E-state index is 13.3. The second-order valence-corrected chi connectivity index (χ2v) is 7.86. The Labute approximate surface area is 197 Å². The molecule has 1 heterocycles. The number of nitriles is 1. The molecule has 0 amide bonds. The SMILES string of the molecule is N#Cc1c(-c2ccc(Cl)cc2)cc(-c2cccc(C(F)(F)F)c2)nc1Oc1ccc(Cl)cc1. The van der Waals surface area contributed by atoms with Crippen LogP contribution in [0, 0.1) is 11.3 Å². The summed E-state index contributed by atoms with van der Waals surface area (Å²) in [6, 6.07) is 21.6. The number of ether oxygens (including phenoxy) is 1. The normalized spacial score (nSPS) is 11.2. The molecule has 0 unspecified atom stereocenters. The molecule has 33 heavy (non-hydrogen) atoms. The van der Waals surface area contributed by atoms with Crippen molar-refractivity contribution in [2.75, 3.05) is 0 Å². The molecule has 0 atom stereocenters. The van der Waals surface area contributed by atoms with Crippen LogP contribution in [-0.4, -0.2) is 4.98 Å². The van der Waals surface area contributed by atoms with Crippen molar-refractivity contribution < 1.29 is 17.9 Å². The van der Waals surface area contributed by atoms with Crippen molar-refractivity contribution >= 4 is 23.2 Å². The van der Waals surface area contributed by atoms with E-state index in [0.717, 1.165) is 12.1 Å². The molecule has 0 saturated heterocycles. The lowest BCUT2D eigenvalue weighted by Crippen LogP contribution is -2.05. The van der Waals surface area contributed by atoms with E-state index in [1.165, 1.54) is 12.1 Å². The summed E-state index contributed by atoms with van der Waals surface area (Å²) in [5.41, 5.74) is 0.843. The summed E-state index contributed by atoms with van der Waals surface area (Å²) in [5.74, 6) is 0.325. The van der Waals surface area contributed by atoms with Gasteiger partial charge in [0, 0.05) is 21.2 Å². The van der Waals surface area contributed by atoms with Gasteiger partial charge in [-0.05, 0) is 60.2 Å². The summed E-state index contributed by atoms with van der Waals surface area (Å²) in [4.78, 5) is 4.39. The minimum atomic E-state index is -4.51. The van der Waals surface area contributed by atoms with E-state index in [9.17, 15) is 18.4 Å². The van der Waals surface area contributed by atoms with Crippen LogP contribution in [0.4, 0.5) is 13.2 Å². The van der Waals surface area contributed by atoms with Crippen LogP contribution in [-0.2, 0) is 6.18 Å². The van der Waals surface area contributed by atoms with Crippen LogP contribution >= 0.6 is 23.2 Å². The lowest BCUT2D eigenvalue weighted by molar-refractivity contribution is -0.137. The molecule has 0 saturated carbocycles. The molecule has 4 rings (SSSR count). The molecule has 0 bridgehead atoms. The first-order valence-electron chi connectivity index (χ1n) is 9.57. The van der Waals surface area contributed by atoms with Gasteiger partial charge in [0.05, 0.1) is 11.3 Å². The van der Waals surface area contributed by atoms with E-state index >= 15 is 0 Å². The van der Waals surface area contributed by atoms with Crippen LogP contribution in [0.3, 0.4) is 0 Å². The van der Waals surface area contributed by atoms with E-state index in [1.807, 2.05) is 0 Å². The predicted octanol–water partition coefficient (Wildman–Crippen LogP) is 8.41. The summed E-state index contributed by atoms with van der Waals surface area (Å²) in [7, 11) is 0. The number of rotatable bonds is 4. The second-order valence-electron chi connectivity index (χ2n) is 6.99. The summed E-state index contributed by atoms with van der Waals surface area (Å²) >= 11 is 11.9. The van der Waals surface area contributed by atoms with Crippen LogP contribution < -0.4 is 4.74 Å². The van der Waals surface area contributed by atoms with Gasteiger partial charge in [-0.1, -0.05) is 47.5 Å². The first-order valence-corrected chi connectivity index (χ1v) is 10.3. The summed E-state index contributed by atoms with van der Waals surface area (Å²) in [5, 5.41) is 10.9. The van der Waals surface area contributed by atoms with Gasteiger partial charge in [0.1, 0.15) is 17.4 Å². The Bertz CT molecular complexity index is 1350. The number of hydrogen-bond donors (Lipinski definition) is 0. The fourth-order valence-electron chi connectivity index (χ4n) is 3.18. The number of pyridine rings is 1. The highest BCUT2D eigenvalue weighted by atomic mass is 35.5. The second kappa shape index (κ2) is 9.14. The maximum absolute atomic E-state index is 13.3. The molecule has 164 valence electrons. The van der Waals surface area contributed by atoms with Crippen molar-refractivity contribution in [3.63, 3.8) is 0 Å². The molecule has 3 aromatic carbocycles. The van der Waals surface area contributed by atoms with Crippen molar-refractivity contribution in [2.24, 2.45) is 0 Å². The first kappa shape index (κ1) is 22.7.